The number of hydrogen-bond donors (Lipinski definition) is 1. The van der Waals surface area contributed by atoms with Gasteiger partial charge >= 0.3 is 0 Å². The van der Waals surface area contributed by atoms with Crippen LogP contribution in [0.1, 0.15) is 25.1 Å². The summed E-state index contributed by atoms with van der Waals surface area (Å²) in [5, 5.41) is 3.48. The first kappa shape index (κ1) is 10.4. The molecule has 0 spiro atoms. The topological polar surface area (TPSA) is 47.0 Å². The van der Waals surface area contributed by atoms with E-state index in [1.807, 2.05) is 0 Å². The molecule has 1 atom stereocenters. The molecule has 4 nitrogen and oxygen atoms in total. The summed E-state index contributed by atoms with van der Waals surface area (Å²) in [5.41, 5.74) is 0. The van der Waals surface area contributed by atoms with E-state index in [2.05, 4.69) is 15.3 Å². The summed E-state index contributed by atoms with van der Waals surface area (Å²) in [6, 6.07) is 0.548. The van der Waals surface area contributed by atoms with Crippen molar-refractivity contribution in [1.82, 2.24) is 15.3 Å². The average molecular weight is 207 g/mol. The Hall–Kier alpha value is -1.16. The van der Waals surface area contributed by atoms with Crippen LogP contribution in [0.2, 0.25) is 0 Å². The van der Waals surface area contributed by atoms with Gasteiger partial charge in [-0.15, -0.1) is 0 Å². The van der Waals surface area contributed by atoms with Crippen LogP contribution in [0.25, 0.3) is 0 Å². The molecule has 1 fully saturated rings. The van der Waals surface area contributed by atoms with Crippen LogP contribution < -0.4 is 10.1 Å². The fourth-order valence-corrected chi connectivity index (χ4v) is 1.87. The fourth-order valence-electron chi connectivity index (χ4n) is 1.87. The van der Waals surface area contributed by atoms with E-state index in [-0.39, 0.29) is 0 Å². The average Bonchev–Trinajstić information content (AvgIpc) is 2.31. The molecule has 1 saturated heterocycles. The Morgan fingerprint density at radius 2 is 2.20 bits per heavy atom. The third-order valence-corrected chi connectivity index (χ3v) is 2.76. The molecule has 0 aliphatic carbocycles. The molecule has 1 aromatic rings. The highest BCUT2D eigenvalue weighted by Crippen LogP contribution is 2.11. The number of aromatic nitrogens is 2. The smallest absolute Gasteiger partial charge is 0.155 e. The number of hydrogen-bond acceptors (Lipinski definition) is 4. The monoisotopic (exact) mass is 207 g/mol. The summed E-state index contributed by atoms with van der Waals surface area (Å²) in [4.78, 5) is 8.54. The van der Waals surface area contributed by atoms with E-state index in [9.17, 15) is 0 Å². The number of rotatable bonds is 3. The lowest BCUT2D eigenvalue weighted by molar-refractivity contribution is 0.390. The molecule has 2 rings (SSSR count). The zero-order valence-corrected chi connectivity index (χ0v) is 9.07. The molecular formula is C11H17N3O. The van der Waals surface area contributed by atoms with Crippen molar-refractivity contribution in [2.75, 3.05) is 13.7 Å². The first-order valence-corrected chi connectivity index (χ1v) is 5.47. The highest BCUT2D eigenvalue weighted by Gasteiger charge is 2.14. The summed E-state index contributed by atoms with van der Waals surface area (Å²) in [6.07, 6.45) is 8.21. The van der Waals surface area contributed by atoms with E-state index in [1.165, 1.54) is 19.3 Å². The highest BCUT2D eigenvalue weighted by atomic mass is 16.5. The van der Waals surface area contributed by atoms with Gasteiger partial charge in [-0.1, -0.05) is 6.42 Å². The van der Waals surface area contributed by atoms with Crippen molar-refractivity contribution in [3.05, 3.63) is 18.2 Å². The molecule has 1 N–H and O–H groups in total. The second-order valence-corrected chi connectivity index (χ2v) is 3.89. The Balaban J connectivity index is 1.91. The van der Waals surface area contributed by atoms with Crippen molar-refractivity contribution < 1.29 is 4.74 Å². The summed E-state index contributed by atoms with van der Waals surface area (Å²) < 4.78 is 5.02. The molecule has 15 heavy (non-hydrogen) atoms. The van der Waals surface area contributed by atoms with Gasteiger partial charge in [0.1, 0.15) is 5.82 Å². The maximum atomic E-state index is 5.02. The SMILES string of the molecule is COc1cnc(CC2CCCCN2)nc1. The van der Waals surface area contributed by atoms with Crippen molar-refractivity contribution in [2.45, 2.75) is 31.7 Å². The predicted octanol–water partition coefficient (Wildman–Crippen LogP) is 1.17. The van der Waals surface area contributed by atoms with Crippen molar-refractivity contribution in [3.8, 4) is 5.75 Å². The summed E-state index contributed by atoms with van der Waals surface area (Å²) in [6.45, 7) is 1.13. The normalized spacial score (nSPS) is 21.3. The van der Waals surface area contributed by atoms with Crippen LogP contribution in [-0.2, 0) is 6.42 Å². The minimum Gasteiger partial charge on any atom is -0.494 e. The minimum absolute atomic E-state index is 0.548. The molecular weight excluding hydrogens is 190 g/mol. The first-order valence-electron chi connectivity index (χ1n) is 5.47. The third kappa shape index (κ3) is 2.89. The predicted molar refractivity (Wildman–Crippen MR) is 57.9 cm³/mol. The van der Waals surface area contributed by atoms with Gasteiger partial charge in [-0.3, -0.25) is 0 Å². The van der Waals surface area contributed by atoms with Gasteiger partial charge in [0.05, 0.1) is 19.5 Å². The van der Waals surface area contributed by atoms with Gasteiger partial charge in [-0.2, -0.15) is 0 Å². The molecule has 0 radical (unpaired) electrons. The molecule has 4 heteroatoms. The minimum atomic E-state index is 0.548. The molecule has 82 valence electrons. The van der Waals surface area contributed by atoms with E-state index >= 15 is 0 Å². The molecule has 0 amide bonds. The number of piperidine rings is 1. The molecule has 0 saturated carbocycles. The summed E-state index contributed by atoms with van der Waals surface area (Å²) in [7, 11) is 1.63. The van der Waals surface area contributed by atoms with Gasteiger partial charge in [-0.05, 0) is 19.4 Å². The number of nitrogens with one attached hydrogen (secondary N) is 1. The lowest BCUT2D eigenvalue weighted by Gasteiger charge is -2.22. The maximum absolute atomic E-state index is 5.02. The van der Waals surface area contributed by atoms with Gasteiger partial charge in [0.15, 0.2) is 5.75 Å². The van der Waals surface area contributed by atoms with E-state index in [0.717, 1.165) is 24.5 Å². The number of nitrogens with zero attached hydrogens (tertiary/aromatic N) is 2. The van der Waals surface area contributed by atoms with Crippen LogP contribution in [0.4, 0.5) is 0 Å². The lowest BCUT2D eigenvalue weighted by atomic mass is 10.0. The van der Waals surface area contributed by atoms with Gasteiger partial charge in [0, 0.05) is 12.5 Å². The van der Waals surface area contributed by atoms with Crippen molar-refractivity contribution >= 4 is 0 Å². The van der Waals surface area contributed by atoms with E-state index in [0.29, 0.717) is 6.04 Å². The zero-order valence-electron chi connectivity index (χ0n) is 9.07. The van der Waals surface area contributed by atoms with Gasteiger partial charge < -0.3 is 10.1 Å². The van der Waals surface area contributed by atoms with E-state index < -0.39 is 0 Å². The molecule has 0 bridgehead atoms. The Labute approximate surface area is 90.1 Å². The van der Waals surface area contributed by atoms with Crippen molar-refractivity contribution in [3.63, 3.8) is 0 Å². The standard InChI is InChI=1S/C11H17N3O/c1-15-10-7-13-11(14-8-10)6-9-4-2-3-5-12-9/h7-9,12H,2-6H2,1H3. The Bertz CT molecular complexity index is 293. The van der Waals surface area contributed by atoms with E-state index in [4.69, 9.17) is 4.74 Å². The summed E-state index contributed by atoms with van der Waals surface area (Å²) >= 11 is 0. The van der Waals surface area contributed by atoms with E-state index in [1.54, 1.807) is 19.5 Å². The second kappa shape index (κ2) is 5.07. The maximum Gasteiger partial charge on any atom is 0.155 e. The van der Waals surface area contributed by atoms with Crippen LogP contribution in [0.5, 0.6) is 5.75 Å². The first-order chi connectivity index (χ1) is 7.38. The molecule has 1 unspecified atom stereocenters. The summed E-state index contributed by atoms with van der Waals surface area (Å²) in [5.74, 6) is 1.62. The molecule has 0 aromatic carbocycles. The molecule has 1 aliphatic heterocycles. The Morgan fingerprint density at radius 3 is 2.80 bits per heavy atom. The third-order valence-electron chi connectivity index (χ3n) is 2.76. The zero-order chi connectivity index (χ0) is 10.5. The molecule has 2 heterocycles. The second-order valence-electron chi connectivity index (χ2n) is 3.89. The van der Waals surface area contributed by atoms with Crippen LogP contribution in [0.3, 0.4) is 0 Å². The van der Waals surface area contributed by atoms with Crippen LogP contribution in [-0.4, -0.2) is 29.7 Å². The van der Waals surface area contributed by atoms with Crippen LogP contribution >= 0.6 is 0 Å². The number of ether oxygens (including phenoxy) is 1. The Morgan fingerprint density at radius 1 is 1.40 bits per heavy atom. The molecule has 1 aromatic heterocycles. The fraction of sp³-hybridized carbons (Fsp3) is 0.636. The van der Waals surface area contributed by atoms with Crippen molar-refractivity contribution in [1.29, 1.82) is 0 Å². The number of methoxy groups -OCH3 is 1. The Kier molecular flexibility index (Phi) is 3.50. The van der Waals surface area contributed by atoms with Crippen LogP contribution in [0.15, 0.2) is 12.4 Å². The van der Waals surface area contributed by atoms with Gasteiger partial charge in [0.25, 0.3) is 0 Å². The lowest BCUT2D eigenvalue weighted by Crippen LogP contribution is -2.36. The van der Waals surface area contributed by atoms with Crippen molar-refractivity contribution in [2.24, 2.45) is 0 Å². The molecule has 1 aliphatic rings. The largest absolute Gasteiger partial charge is 0.494 e. The highest BCUT2D eigenvalue weighted by molar-refractivity contribution is 5.12. The quantitative estimate of drug-likeness (QED) is 0.808. The van der Waals surface area contributed by atoms with Gasteiger partial charge in [-0.25, -0.2) is 9.97 Å². The van der Waals surface area contributed by atoms with Crippen LogP contribution in [0, 0.1) is 0 Å². The van der Waals surface area contributed by atoms with Gasteiger partial charge in [0.2, 0.25) is 0 Å².